The van der Waals surface area contributed by atoms with Gasteiger partial charge in [-0.25, -0.2) is 4.68 Å². The highest BCUT2D eigenvalue weighted by atomic mass is 16.7. The average Bonchev–Trinajstić information content (AvgIpc) is 1.44. The number of primary amides is 1. The third-order valence-electron chi connectivity index (χ3n) is 27.6. The predicted molar refractivity (Wildman–Crippen MR) is 521 cm³/mol. The van der Waals surface area contributed by atoms with Gasteiger partial charge in [-0.15, -0.1) is 0 Å². The fraction of sp³-hybridized carbons (Fsp3) is 0.621. The van der Waals surface area contributed by atoms with E-state index in [1.165, 1.54) is 65.8 Å². The van der Waals surface area contributed by atoms with E-state index >= 15 is 0 Å². The summed E-state index contributed by atoms with van der Waals surface area (Å²) in [5.41, 5.74) is 11.7. The van der Waals surface area contributed by atoms with E-state index in [1.807, 2.05) is 23.7 Å². The molecule has 16 N–H and O–H groups in total. The summed E-state index contributed by atoms with van der Waals surface area (Å²) >= 11 is 0. The number of nitrogens with two attached hydrogens (primary N) is 1. The highest BCUT2D eigenvalue weighted by molar-refractivity contribution is 6.13. The number of hydrogen-bond acceptors (Lipinski definition) is 38. The van der Waals surface area contributed by atoms with Crippen molar-refractivity contribution in [3.05, 3.63) is 145 Å². The Hall–Kier alpha value is -9.63. The van der Waals surface area contributed by atoms with E-state index in [1.54, 1.807) is 55.1 Å². The van der Waals surface area contributed by atoms with Crippen LogP contribution in [0.3, 0.4) is 0 Å². The van der Waals surface area contributed by atoms with Crippen molar-refractivity contribution in [1.82, 2.24) is 29.4 Å². The lowest BCUT2D eigenvalue weighted by Gasteiger charge is -2.41. The predicted octanol–water partition coefficient (Wildman–Crippen LogP) is 1.05. The fourth-order valence-corrected chi connectivity index (χ4v) is 19.4. The first kappa shape index (κ1) is 116. The third kappa shape index (κ3) is 29.3. The van der Waals surface area contributed by atoms with Gasteiger partial charge in [-0.3, -0.25) is 38.6 Å². The lowest BCUT2D eigenvalue weighted by Crippen LogP contribution is -2.60. The van der Waals surface area contributed by atoms with Crippen LogP contribution in [-0.4, -0.2) is 428 Å². The van der Waals surface area contributed by atoms with Gasteiger partial charge in [0.2, 0.25) is 24.0 Å². The second-order valence-electron chi connectivity index (χ2n) is 37.9. The highest BCUT2D eigenvalue weighted by Crippen LogP contribution is 2.44. The summed E-state index contributed by atoms with van der Waals surface area (Å²) in [4.78, 5) is 89.6. The summed E-state index contributed by atoms with van der Waals surface area (Å²) in [5, 5.41) is 150. The van der Waals surface area contributed by atoms with Gasteiger partial charge < -0.3 is 158 Å². The number of carbonyl (C=O) groups excluding carboxylic acids is 6. The third-order valence-corrected chi connectivity index (χ3v) is 27.6. The van der Waals surface area contributed by atoms with Crippen LogP contribution in [0.5, 0.6) is 40.2 Å². The Bertz CT molecular complexity index is 5180. The molecule has 7 aliphatic rings. The minimum Gasteiger partial charge on any atom is -0.508 e. The molecule has 1 saturated carbocycles. The van der Waals surface area contributed by atoms with E-state index in [4.69, 9.17) is 81.9 Å². The number of ether oxygens (including phenoxy) is 15. The summed E-state index contributed by atoms with van der Waals surface area (Å²) < 4.78 is 85.5. The Morgan fingerprint density at radius 2 is 0.952 bits per heavy atom. The minimum atomic E-state index is -1.74. The van der Waals surface area contributed by atoms with Crippen LogP contribution >= 0.6 is 0 Å². The number of benzene rings is 5. The Kier molecular flexibility index (Phi) is 43.9. The maximum absolute atomic E-state index is 14.7. The SMILES string of the molecule is CCc1c(O)cc(C[C@@H]2O[C@H](CO)[C@H](O)[C@H](O)[C@H]2O)c(C(=O)c2ccc(OCCN3CCOCC3)c(OC)c2)c1CC(=O)N(CCOC)CCOC.CCc1c(O[C@@H]2O[C@H](CO)[C@H](O)[C@H](O)[C@H]2O)cc(O)c(C(=O)c2ccc(OCCN3CCOCC3)c(OC)c2)c1CC(=O)N(CCOC)CCOC.Cc1nn(-c2ccc(C(N)=O)c(CC3CCC(O[C@@H]4O[C@H](CO)[C@H](O)[C@H](O)[C@H]4O)CC3)c2)c2c1C(=O)CC(C)(C)C2. The van der Waals surface area contributed by atoms with Gasteiger partial charge in [-0.2, -0.15) is 5.10 Å². The molecular formula is C103H147N7O35. The van der Waals surface area contributed by atoms with E-state index in [0.29, 0.717) is 135 Å². The topological polar surface area (TPSA) is 581 Å². The van der Waals surface area contributed by atoms with Crippen LogP contribution in [0.15, 0.2) is 66.7 Å². The highest BCUT2D eigenvalue weighted by Gasteiger charge is 2.49. The second kappa shape index (κ2) is 55.0. The number of amides is 3. The van der Waals surface area contributed by atoms with Crippen molar-refractivity contribution in [2.45, 2.75) is 210 Å². The number of carbonyl (C=O) groups is 6. The van der Waals surface area contributed by atoms with Crippen molar-refractivity contribution < 1.29 is 171 Å². The van der Waals surface area contributed by atoms with Crippen molar-refractivity contribution in [3.63, 3.8) is 0 Å². The van der Waals surface area contributed by atoms with Crippen molar-refractivity contribution in [2.24, 2.45) is 17.1 Å². The van der Waals surface area contributed by atoms with Gasteiger partial charge in [-0.1, -0.05) is 27.7 Å². The maximum Gasteiger partial charge on any atom is 0.248 e. The molecule has 804 valence electrons. The van der Waals surface area contributed by atoms with Crippen molar-refractivity contribution in [3.8, 4) is 45.9 Å². The Balaban J connectivity index is 0.000000209. The van der Waals surface area contributed by atoms with Gasteiger partial charge in [0.15, 0.2) is 46.6 Å². The fourth-order valence-electron chi connectivity index (χ4n) is 19.4. The Labute approximate surface area is 843 Å². The van der Waals surface area contributed by atoms with Crippen LogP contribution in [0.4, 0.5) is 0 Å². The number of morpholine rings is 2. The van der Waals surface area contributed by atoms with Gasteiger partial charge >= 0.3 is 0 Å². The minimum absolute atomic E-state index is 0.0365. The number of phenols is 2. The molecular weight excluding hydrogens is 1900 g/mol. The number of aliphatic hydroxyl groups excluding tert-OH is 12. The molecule has 15 atom stereocenters. The summed E-state index contributed by atoms with van der Waals surface area (Å²) in [7, 11) is 9.00. The van der Waals surface area contributed by atoms with Crippen molar-refractivity contribution in [1.29, 1.82) is 0 Å². The zero-order valence-corrected chi connectivity index (χ0v) is 84.5. The molecule has 0 unspecified atom stereocenters. The zero-order valence-electron chi connectivity index (χ0n) is 84.5. The normalized spacial score (nSPS) is 24.9. The van der Waals surface area contributed by atoms with Crippen LogP contribution in [0.25, 0.3) is 5.69 Å². The number of hydrogen-bond donors (Lipinski definition) is 15. The lowest BCUT2D eigenvalue weighted by atomic mass is 9.75. The van der Waals surface area contributed by atoms with E-state index in [2.05, 4.69) is 23.6 Å². The van der Waals surface area contributed by atoms with Crippen molar-refractivity contribution in [2.75, 3.05) is 194 Å². The zero-order chi connectivity index (χ0) is 105. The first-order valence-electron chi connectivity index (χ1n) is 49.4. The molecule has 0 bridgehead atoms. The molecule has 0 radical (unpaired) electrons. The average molecular weight is 2040 g/mol. The smallest absolute Gasteiger partial charge is 0.248 e. The largest absolute Gasteiger partial charge is 0.508 e. The molecule has 1 aromatic heterocycles. The quantitative estimate of drug-likeness (QED) is 0.0238. The summed E-state index contributed by atoms with van der Waals surface area (Å²) in [5.74, 6) is -1.17. The number of ketones is 3. The number of methoxy groups -OCH3 is 6. The molecule has 145 heavy (non-hydrogen) atoms. The number of aryl methyl sites for hydroxylation is 1. The van der Waals surface area contributed by atoms with Crippen LogP contribution in [-0.2, 0) is 102 Å². The number of aromatic nitrogens is 2. The molecule has 0 spiro atoms. The summed E-state index contributed by atoms with van der Waals surface area (Å²) in [6.45, 7) is 17.9. The van der Waals surface area contributed by atoms with Crippen LogP contribution < -0.4 is 29.4 Å². The number of aromatic hydroxyl groups is 2. The summed E-state index contributed by atoms with van der Waals surface area (Å²) in [6.07, 6.45) is -17.3. The number of rotatable bonds is 45. The maximum atomic E-state index is 14.7. The van der Waals surface area contributed by atoms with Gasteiger partial charge in [-0.05, 0) is 164 Å². The van der Waals surface area contributed by atoms with E-state index in [9.17, 15) is 100 Å². The van der Waals surface area contributed by atoms with Gasteiger partial charge in [0.1, 0.15) is 104 Å². The standard InChI is InChI=1S/C37H54N2O13.C36H52N2O14.C30H41N3O8/c1-5-25-26(21-32(42)39(11-13-47-2)12-14-48-3)33(24(18-27(25)41)20-30-35(44)37(46)36(45)31(22-40)52-30)34(43)23-6-7-28(29(19-23)49-4)51-17-10-38-8-15-50-16-9-38;1-5-23-24(19-30(41)38(11-13-46-2)12-14-47-3)31(25(40)20-27(23)51-36-35(45)34(44)33(43)29(21-39)52-36)32(42)22-6-7-26(28(18-22)48-4)50-17-10-37-8-15-49-16-9-37;1-15-24-21(12-30(2,3)13-22(24)35)33(32-15)18-6-9-20(28(31)39)17(11-18)10-16-4-7-19(8-5-16)40-29-27(38)26(37)25(36)23(14-34)41-29/h6-7,18-19,30-31,35-37,40-41,44-46H,5,8-17,20-22H2,1-4H3;6-7,18,20,29,33-36,39-40,43-45H,5,8-17,19,21H2,1-4H3;6,9,11,16,19,23,25-27,29,34,36-38H,4-5,7-8,10,12-14H2,1-3H3,(H2,31,39)/t30-,31+,35-,36-,37+;29-,33+,34+,35-,36-;16?,19?,23-,25+,26+,27-,29-/m011/s1. The number of nitrogens with zero attached hydrogens (tertiary/aromatic N) is 6. The lowest BCUT2D eigenvalue weighted by molar-refractivity contribution is -0.313. The van der Waals surface area contributed by atoms with Gasteiger partial charge in [0.05, 0.1) is 140 Å². The number of aliphatic hydroxyl groups is 12. The number of Topliss-reactive ketones (excluding diaryl/α,β-unsaturated/α-hetero) is 1. The molecule has 6 fully saturated rings. The molecule has 42 heteroatoms. The molecule has 5 aromatic carbocycles. The Morgan fingerprint density at radius 1 is 0.490 bits per heavy atom. The molecule has 13 rings (SSSR count). The summed E-state index contributed by atoms with van der Waals surface area (Å²) in [6, 6.07) is 17.6. The first-order chi connectivity index (χ1) is 69.5. The van der Waals surface area contributed by atoms with Crippen molar-refractivity contribution >= 4 is 35.1 Å². The van der Waals surface area contributed by atoms with Gasteiger partial charge in [0.25, 0.3) is 0 Å². The molecule has 6 aromatic rings. The molecule has 2 aliphatic carbocycles. The van der Waals surface area contributed by atoms with E-state index in [0.717, 1.165) is 62.4 Å². The van der Waals surface area contributed by atoms with Crippen LogP contribution in [0, 0.1) is 18.3 Å². The second-order valence-corrected chi connectivity index (χ2v) is 37.9. The number of phenolic OH excluding ortho intramolecular Hbond substituents is 2. The molecule has 42 nitrogen and oxygen atoms in total. The molecule has 5 aliphatic heterocycles. The molecule has 3 amide bonds. The monoisotopic (exact) mass is 2040 g/mol. The Morgan fingerprint density at radius 3 is 1.43 bits per heavy atom. The van der Waals surface area contributed by atoms with Crippen LogP contribution in [0.1, 0.15) is 157 Å². The van der Waals surface area contributed by atoms with Crippen LogP contribution in [0.2, 0.25) is 0 Å². The van der Waals surface area contributed by atoms with E-state index < -0.39 is 135 Å². The van der Waals surface area contributed by atoms with E-state index in [-0.39, 0.29) is 165 Å². The first-order valence-corrected chi connectivity index (χ1v) is 49.4. The molecule has 5 saturated heterocycles. The molecule has 6 heterocycles. The van der Waals surface area contributed by atoms with Gasteiger partial charge in [0, 0.05) is 135 Å². The number of fused-ring (bicyclic) bond motifs is 1.